The van der Waals surface area contributed by atoms with Crippen molar-refractivity contribution in [2.75, 3.05) is 11.1 Å². The third-order valence-corrected chi connectivity index (χ3v) is 6.63. The van der Waals surface area contributed by atoms with Gasteiger partial charge in [0.05, 0.1) is 30.7 Å². The number of nitrogens with zero attached hydrogens (tertiary/aromatic N) is 3. The molecule has 2 N–H and O–H groups in total. The molecule has 0 aliphatic heterocycles. The third-order valence-electron chi connectivity index (χ3n) is 5.69. The molecule has 1 aromatic carbocycles. The quantitative estimate of drug-likeness (QED) is 0.388. The van der Waals surface area contributed by atoms with Crippen molar-refractivity contribution >= 4 is 23.4 Å². The number of amides is 1. The number of rotatable bonds is 9. The largest absolute Gasteiger partial charge is 0.467 e. The number of anilines is 1. The van der Waals surface area contributed by atoms with Gasteiger partial charge in [0.15, 0.2) is 11.0 Å². The highest BCUT2D eigenvalue weighted by molar-refractivity contribution is 7.99. The molecule has 4 rings (SSSR count). The molecular formula is C23H26F3N5O2S. The summed E-state index contributed by atoms with van der Waals surface area (Å²) in [5.74, 6) is 1.34. The summed E-state index contributed by atoms with van der Waals surface area (Å²) in [5, 5.41) is 15.1. The molecule has 1 fully saturated rings. The summed E-state index contributed by atoms with van der Waals surface area (Å²) in [5.41, 5.74) is -0.345. The van der Waals surface area contributed by atoms with Crippen LogP contribution >= 0.6 is 11.8 Å². The van der Waals surface area contributed by atoms with E-state index in [0.29, 0.717) is 29.0 Å². The number of hydrogen-bond donors (Lipinski definition) is 2. The van der Waals surface area contributed by atoms with Gasteiger partial charge in [-0.05, 0) is 43.2 Å². The SMILES string of the molecule is O=C(CSc1nnc(CNc2cccc(C(F)(F)F)c2)n1C1CCCCC1)NCc1ccco1. The van der Waals surface area contributed by atoms with Crippen LogP contribution in [0.3, 0.4) is 0 Å². The average Bonchev–Trinajstić information content (AvgIpc) is 3.50. The van der Waals surface area contributed by atoms with Gasteiger partial charge in [-0.2, -0.15) is 13.2 Å². The number of hydrogen-bond acceptors (Lipinski definition) is 6. The second kappa shape index (κ2) is 11.0. The number of halogens is 3. The van der Waals surface area contributed by atoms with E-state index < -0.39 is 11.7 Å². The summed E-state index contributed by atoms with van der Waals surface area (Å²) in [7, 11) is 0. The zero-order chi connectivity index (χ0) is 24.0. The van der Waals surface area contributed by atoms with Gasteiger partial charge in [0.2, 0.25) is 5.91 Å². The van der Waals surface area contributed by atoms with Gasteiger partial charge < -0.3 is 19.6 Å². The van der Waals surface area contributed by atoms with Crippen LogP contribution in [-0.2, 0) is 24.1 Å². The Morgan fingerprint density at radius 3 is 2.68 bits per heavy atom. The van der Waals surface area contributed by atoms with Gasteiger partial charge in [0.25, 0.3) is 0 Å². The third kappa shape index (κ3) is 6.34. The number of carbonyl (C=O) groups excluding carboxylic acids is 1. The molecule has 1 aliphatic carbocycles. The molecule has 1 amide bonds. The summed E-state index contributed by atoms with van der Waals surface area (Å²) >= 11 is 1.30. The maximum Gasteiger partial charge on any atom is 0.416 e. The Labute approximate surface area is 199 Å². The van der Waals surface area contributed by atoms with Crippen LogP contribution in [0, 0.1) is 0 Å². The first-order valence-corrected chi connectivity index (χ1v) is 12.2. The minimum Gasteiger partial charge on any atom is -0.467 e. The molecular weight excluding hydrogens is 467 g/mol. The number of aromatic nitrogens is 3. The highest BCUT2D eigenvalue weighted by Gasteiger charge is 2.30. The average molecular weight is 494 g/mol. The van der Waals surface area contributed by atoms with Gasteiger partial charge in [0, 0.05) is 11.7 Å². The van der Waals surface area contributed by atoms with Crippen LogP contribution in [0.15, 0.2) is 52.2 Å². The Hall–Kier alpha value is -2.95. The van der Waals surface area contributed by atoms with Gasteiger partial charge in [-0.1, -0.05) is 37.1 Å². The van der Waals surface area contributed by atoms with Gasteiger partial charge in [-0.15, -0.1) is 10.2 Å². The fraction of sp³-hybridized carbons (Fsp3) is 0.435. The monoisotopic (exact) mass is 493 g/mol. The van der Waals surface area contributed by atoms with E-state index in [1.165, 1.54) is 24.2 Å². The summed E-state index contributed by atoms with van der Waals surface area (Å²) in [6, 6.07) is 8.85. The molecule has 2 heterocycles. The maximum absolute atomic E-state index is 13.0. The van der Waals surface area contributed by atoms with E-state index in [0.717, 1.165) is 37.8 Å². The Bertz CT molecular complexity index is 1080. The van der Waals surface area contributed by atoms with Gasteiger partial charge >= 0.3 is 6.18 Å². The first-order valence-electron chi connectivity index (χ1n) is 11.2. The lowest BCUT2D eigenvalue weighted by molar-refractivity contribution is -0.137. The van der Waals surface area contributed by atoms with E-state index in [-0.39, 0.29) is 24.2 Å². The Kier molecular flexibility index (Phi) is 7.81. The van der Waals surface area contributed by atoms with Crippen molar-refractivity contribution in [2.45, 2.75) is 62.6 Å². The molecule has 2 aromatic heterocycles. The van der Waals surface area contributed by atoms with E-state index in [9.17, 15) is 18.0 Å². The number of nitrogens with one attached hydrogen (secondary N) is 2. The first kappa shape index (κ1) is 24.2. The Morgan fingerprint density at radius 1 is 1.12 bits per heavy atom. The van der Waals surface area contributed by atoms with Gasteiger partial charge in [-0.25, -0.2) is 0 Å². The minimum absolute atomic E-state index is 0.150. The van der Waals surface area contributed by atoms with Crippen LogP contribution in [-0.4, -0.2) is 26.4 Å². The molecule has 3 aromatic rings. The Balaban J connectivity index is 1.43. The lowest BCUT2D eigenvalue weighted by Gasteiger charge is -2.25. The fourth-order valence-corrected chi connectivity index (χ4v) is 4.85. The van der Waals surface area contributed by atoms with Crippen LogP contribution in [0.1, 0.15) is 55.3 Å². The standard InChI is InChI=1S/C23H26F3N5O2S/c24-23(25,26)16-6-4-7-17(12-16)27-14-20-29-30-22(31(20)18-8-2-1-3-9-18)34-15-21(32)28-13-19-10-5-11-33-19/h4-7,10-12,18,27H,1-3,8-9,13-15H2,(H,28,32). The minimum atomic E-state index is -4.40. The lowest BCUT2D eigenvalue weighted by Crippen LogP contribution is -2.25. The normalized spacial score (nSPS) is 14.8. The van der Waals surface area contributed by atoms with E-state index in [2.05, 4.69) is 20.8 Å². The Morgan fingerprint density at radius 2 is 1.94 bits per heavy atom. The number of benzene rings is 1. The second-order valence-electron chi connectivity index (χ2n) is 8.14. The summed E-state index contributed by atoms with van der Waals surface area (Å²) < 4.78 is 46.4. The summed E-state index contributed by atoms with van der Waals surface area (Å²) in [6.07, 6.45) is 2.47. The molecule has 0 atom stereocenters. The van der Waals surface area contributed by atoms with Crippen molar-refractivity contribution in [3.8, 4) is 0 Å². The van der Waals surface area contributed by atoms with E-state index in [1.54, 1.807) is 24.5 Å². The van der Waals surface area contributed by atoms with E-state index in [1.807, 2.05) is 4.57 Å². The zero-order valence-electron chi connectivity index (χ0n) is 18.5. The number of carbonyl (C=O) groups is 1. The molecule has 0 radical (unpaired) electrons. The molecule has 1 saturated carbocycles. The second-order valence-corrected chi connectivity index (χ2v) is 9.08. The van der Waals surface area contributed by atoms with Crippen molar-refractivity contribution < 1.29 is 22.4 Å². The molecule has 1 aliphatic rings. The van der Waals surface area contributed by atoms with Crippen LogP contribution in [0.4, 0.5) is 18.9 Å². The zero-order valence-corrected chi connectivity index (χ0v) is 19.3. The molecule has 0 spiro atoms. The van der Waals surface area contributed by atoms with Gasteiger partial charge in [-0.3, -0.25) is 4.79 Å². The molecule has 7 nitrogen and oxygen atoms in total. The molecule has 0 unspecified atom stereocenters. The van der Waals surface area contributed by atoms with Crippen molar-refractivity contribution in [2.24, 2.45) is 0 Å². The van der Waals surface area contributed by atoms with Crippen LogP contribution in [0.5, 0.6) is 0 Å². The van der Waals surface area contributed by atoms with Crippen LogP contribution in [0.25, 0.3) is 0 Å². The summed E-state index contributed by atoms with van der Waals surface area (Å²) in [4.78, 5) is 12.3. The van der Waals surface area contributed by atoms with Crippen LogP contribution < -0.4 is 10.6 Å². The van der Waals surface area contributed by atoms with Crippen molar-refractivity contribution in [1.29, 1.82) is 0 Å². The highest BCUT2D eigenvalue weighted by atomic mass is 32.2. The number of thioether (sulfide) groups is 1. The van der Waals surface area contributed by atoms with Crippen molar-refractivity contribution in [3.05, 3.63) is 59.8 Å². The number of alkyl halides is 3. The smallest absolute Gasteiger partial charge is 0.416 e. The van der Waals surface area contributed by atoms with Gasteiger partial charge in [0.1, 0.15) is 5.76 Å². The van der Waals surface area contributed by atoms with E-state index in [4.69, 9.17) is 4.42 Å². The predicted molar refractivity (Wildman–Crippen MR) is 122 cm³/mol. The molecule has 0 bridgehead atoms. The lowest BCUT2D eigenvalue weighted by atomic mass is 9.95. The molecule has 34 heavy (non-hydrogen) atoms. The molecule has 11 heteroatoms. The van der Waals surface area contributed by atoms with E-state index >= 15 is 0 Å². The van der Waals surface area contributed by atoms with Crippen LogP contribution in [0.2, 0.25) is 0 Å². The maximum atomic E-state index is 13.0. The topological polar surface area (TPSA) is 85.0 Å². The van der Waals surface area contributed by atoms with Crippen molar-refractivity contribution in [1.82, 2.24) is 20.1 Å². The van der Waals surface area contributed by atoms with Crippen molar-refractivity contribution in [3.63, 3.8) is 0 Å². The number of furan rings is 1. The molecule has 0 saturated heterocycles. The first-order chi connectivity index (χ1) is 16.4. The summed E-state index contributed by atoms with van der Waals surface area (Å²) in [6.45, 7) is 0.546. The predicted octanol–water partition coefficient (Wildman–Crippen LogP) is 5.42. The molecule has 182 valence electrons. The highest BCUT2D eigenvalue weighted by Crippen LogP contribution is 2.33. The fourth-order valence-electron chi connectivity index (χ4n) is 4.00.